The van der Waals surface area contributed by atoms with Crippen molar-refractivity contribution in [1.29, 1.82) is 0 Å². The van der Waals surface area contributed by atoms with Crippen LogP contribution in [0.25, 0.3) is 0 Å². The van der Waals surface area contributed by atoms with Gasteiger partial charge in [0.25, 0.3) is 0 Å². The lowest BCUT2D eigenvalue weighted by atomic mass is 10.1. The number of halogens is 1. The van der Waals surface area contributed by atoms with E-state index >= 15 is 0 Å². The maximum atomic E-state index is 12.6. The van der Waals surface area contributed by atoms with E-state index in [2.05, 4.69) is 46.3 Å². The van der Waals surface area contributed by atoms with Crippen molar-refractivity contribution in [2.45, 2.75) is 13.5 Å². The molecule has 1 N–H and O–H groups in total. The number of nitrogens with zero attached hydrogens (tertiary/aromatic N) is 2. The average molecular weight is 418 g/mol. The van der Waals surface area contributed by atoms with E-state index in [1.54, 1.807) is 19.2 Å². The smallest absolute Gasteiger partial charge is 0.238 e. The van der Waals surface area contributed by atoms with E-state index in [1.807, 2.05) is 0 Å². The number of hydrogen-bond acceptors (Lipinski definition) is 5. The Kier molecular flexibility index (Phi) is 7.36. The second-order valence-corrected chi connectivity index (χ2v) is 7.62. The van der Waals surface area contributed by atoms with Crippen molar-refractivity contribution in [1.82, 2.24) is 9.80 Å². The Morgan fingerprint density at radius 1 is 1.03 bits per heavy atom. The van der Waals surface area contributed by atoms with Crippen molar-refractivity contribution < 1.29 is 14.3 Å². The Morgan fingerprint density at radius 2 is 1.69 bits per heavy atom. The molecule has 1 aliphatic heterocycles. The first kappa shape index (κ1) is 21.4. The predicted molar refractivity (Wildman–Crippen MR) is 116 cm³/mol. The highest BCUT2D eigenvalue weighted by atomic mass is 35.5. The summed E-state index contributed by atoms with van der Waals surface area (Å²) in [6.45, 7) is 7.05. The molecule has 2 aromatic carbocycles. The molecule has 29 heavy (non-hydrogen) atoms. The largest absolute Gasteiger partial charge is 0.495 e. The molecule has 1 aliphatic rings. The van der Waals surface area contributed by atoms with E-state index in [9.17, 15) is 4.79 Å². The van der Waals surface area contributed by atoms with Crippen LogP contribution in [0.2, 0.25) is 5.02 Å². The second-order valence-electron chi connectivity index (χ2n) is 7.21. The molecule has 0 radical (unpaired) electrons. The van der Waals surface area contributed by atoms with E-state index in [-0.39, 0.29) is 5.91 Å². The van der Waals surface area contributed by atoms with E-state index in [1.165, 1.54) is 18.2 Å². The number of amides is 1. The lowest BCUT2D eigenvalue weighted by Gasteiger charge is -2.34. The van der Waals surface area contributed by atoms with E-state index in [0.717, 1.165) is 32.7 Å². The van der Waals surface area contributed by atoms with Crippen molar-refractivity contribution in [3.05, 3.63) is 52.5 Å². The average Bonchev–Trinajstić information content (AvgIpc) is 2.72. The van der Waals surface area contributed by atoms with Crippen LogP contribution < -0.4 is 14.8 Å². The monoisotopic (exact) mass is 417 g/mol. The van der Waals surface area contributed by atoms with Gasteiger partial charge < -0.3 is 14.8 Å². The van der Waals surface area contributed by atoms with Crippen molar-refractivity contribution in [3.63, 3.8) is 0 Å². The Balaban J connectivity index is 1.52. The molecule has 0 bridgehead atoms. The minimum atomic E-state index is -0.0833. The Morgan fingerprint density at radius 3 is 2.34 bits per heavy atom. The number of methoxy groups -OCH3 is 2. The van der Waals surface area contributed by atoms with Crippen LogP contribution >= 0.6 is 11.6 Å². The van der Waals surface area contributed by atoms with Gasteiger partial charge in [-0.2, -0.15) is 0 Å². The highest BCUT2D eigenvalue weighted by Gasteiger charge is 2.20. The number of carbonyl (C=O) groups is 1. The second kappa shape index (κ2) is 9.96. The van der Waals surface area contributed by atoms with Crippen LogP contribution in [-0.4, -0.2) is 62.7 Å². The summed E-state index contributed by atoms with van der Waals surface area (Å²) < 4.78 is 10.6. The molecular formula is C22H28ClN3O3. The first-order chi connectivity index (χ1) is 14.0. The topological polar surface area (TPSA) is 54.0 Å². The van der Waals surface area contributed by atoms with Crippen LogP contribution in [0.4, 0.5) is 5.69 Å². The Bertz CT molecular complexity index is 851. The fourth-order valence-corrected chi connectivity index (χ4v) is 3.72. The van der Waals surface area contributed by atoms with Crippen molar-refractivity contribution in [2.24, 2.45) is 0 Å². The molecule has 1 fully saturated rings. The standard InChI is InChI=1S/C22H28ClN3O3/c1-16-6-4-5-7-17(16)14-25-8-10-26(11-9-25)15-22(27)24-19-13-20(28-2)18(23)12-21(19)29-3/h4-7,12-13H,8-11,14-15H2,1-3H3,(H,24,27). The SMILES string of the molecule is COc1cc(NC(=O)CN2CCN(Cc3ccccc3C)CC2)c(OC)cc1Cl. The van der Waals surface area contributed by atoms with Gasteiger partial charge in [0.2, 0.25) is 5.91 Å². The Labute approximate surface area is 177 Å². The minimum absolute atomic E-state index is 0.0833. The molecule has 7 heteroatoms. The molecular weight excluding hydrogens is 390 g/mol. The van der Waals surface area contributed by atoms with Crippen LogP contribution in [-0.2, 0) is 11.3 Å². The number of nitrogens with one attached hydrogen (secondary N) is 1. The summed E-state index contributed by atoms with van der Waals surface area (Å²) in [5.41, 5.74) is 3.24. The molecule has 0 atom stereocenters. The zero-order valence-corrected chi connectivity index (χ0v) is 18.0. The summed E-state index contributed by atoms with van der Waals surface area (Å²) in [5, 5.41) is 3.35. The predicted octanol–water partition coefficient (Wildman–Crippen LogP) is 3.42. The summed E-state index contributed by atoms with van der Waals surface area (Å²) in [6.07, 6.45) is 0. The lowest BCUT2D eigenvalue weighted by Crippen LogP contribution is -2.48. The molecule has 1 heterocycles. The third-order valence-corrected chi connectivity index (χ3v) is 5.53. The number of anilines is 1. The molecule has 0 aromatic heterocycles. The van der Waals surface area contributed by atoms with Gasteiger partial charge in [0.1, 0.15) is 11.5 Å². The molecule has 1 saturated heterocycles. The van der Waals surface area contributed by atoms with E-state index in [4.69, 9.17) is 21.1 Å². The lowest BCUT2D eigenvalue weighted by molar-refractivity contribution is -0.117. The van der Waals surface area contributed by atoms with Gasteiger partial charge in [-0.1, -0.05) is 35.9 Å². The summed E-state index contributed by atoms with van der Waals surface area (Å²) in [4.78, 5) is 17.2. The summed E-state index contributed by atoms with van der Waals surface area (Å²) >= 11 is 6.12. The molecule has 156 valence electrons. The summed E-state index contributed by atoms with van der Waals surface area (Å²) in [7, 11) is 3.08. The zero-order chi connectivity index (χ0) is 20.8. The van der Waals surface area contributed by atoms with Crippen LogP contribution in [0.15, 0.2) is 36.4 Å². The molecule has 3 rings (SSSR count). The number of ether oxygens (including phenoxy) is 2. The highest BCUT2D eigenvalue weighted by Crippen LogP contribution is 2.35. The van der Waals surface area contributed by atoms with Crippen molar-refractivity contribution in [2.75, 3.05) is 52.3 Å². The molecule has 0 spiro atoms. The third-order valence-electron chi connectivity index (χ3n) is 5.24. The molecule has 0 aliphatic carbocycles. The molecule has 1 amide bonds. The number of hydrogen-bond donors (Lipinski definition) is 1. The highest BCUT2D eigenvalue weighted by molar-refractivity contribution is 6.32. The normalized spacial score (nSPS) is 15.2. The Hall–Kier alpha value is -2.28. The van der Waals surface area contributed by atoms with Gasteiger partial charge in [0.05, 0.1) is 31.5 Å². The molecule has 2 aromatic rings. The number of piperazine rings is 1. The van der Waals surface area contributed by atoms with Crippen LogP contribution in [0.5, 0.6) is 11.5 Å². The maximum Gasteiger partial charge on any atom is 0.238 e. The first-order valence-corrected chi connectivity index (χ1v) is 10.1. The fourth-order valence-electron chi connectivity index (χ4n) is 3.48. The summed E-state index contributed by atoms with van der Waals surface area (Å²) in [6, 6.07) is 11.8. The van der Waals surface area contributed by atoms with Gasteiger partial charge in [0, 0.05) is 44.9 Å². The van der Waals surface area contributed by atoms with Gasteiger partial charge in [0.15, 0.2) is 0 Å². The number of aryl methyl sites for hydroxylation is 1. The van der Waals surface area contributed by atoms with E-state index < -0.39 is 0 Å². The summed E-state index contributed by atoms with van der Waals surface area (Å²) in [5.74, 6) is 0.916. The molecule has 6 nitrogen and oxygen atoms in total. The van der Waals surface area contributed by atoms with Crippen molar-refractivity contribution >= 4 is 23.2 Å². The number of rotatable bonds is 7. The first-order valence-electron chi connectivity index (χ1n) is 9.70. The van der Waals surface area contributed by atoms with Gasteiger partial charge >= 0.3 is 0 Å². The minimum Gasteiger partial charge on any atom is -0.495 e. The number of carbonyl (C=O) groups excluding carboxylic acids is 1. The molecule has 0 saturated carbocycles. The van der Waals surface area contributed by atoms with Crippen LogP contribution in [0.3, 0.4) is 0 Å². The van der Waals surface area contributed by atoms with Crippen molar-refractivity contribution in [3.8, 4) is 11.5 Å². The fraction of sp³-hybridized carbons (Fsp3) is 0.409. The zero-order valence-electron chi connectivity index (χ0n) is 17.2. The van der Waals surface area contributed by atoms with Gasteiger partial charge in [-0.3, -0.25) is 14.6 Å². The van der Waals surface area contributed by atoms with Crippen LogP contribution in [0.1, 0.15) is 11.1 Å². The third kappa shape index (κ3) is 5.63. The quantitative estimate of drug-likeness (QED) is 0.748. The van der Waals surface area contributed by atoms with Gasteiger partial charge in [-0.05, 0) is 18.1 Å². The van der Waals surface area contributed by atoms with Crippen LogP contribution in [0, 0.1) is 6.92 Å². The molecule has 0 unspecified atom stereocenters. The van der Waals surface area contributed by atoms with Gasteiger partial charge in [-0.15, -0.1) is 0 Å². The van der Waals surface area contributed by atoms with E-state index in [0.29, 0.717) is 28.8 Å². The maximum absolute atomic E-state index is 12.6. The van der Waals surface area contributed by atoms with Gasteiger partial charge in [-0.25, -0.2) is 0 Å². The number of benzene rings is 2.